The van der Waals surface area contributed by atoms with Crippen molar-refractivity contribution in [3.05, 3.63) is 16.6 Å². The van der Waals surface area contributed by atoms with E-state index in [1.165, 1.54) is 11.3 Å². The molecule has 1 aromatic heterocycles. The van der Waals surface area contributed by atoms with Crippen LogP contribution in [0, 0.1) is 0 Å². The molecule has 0 unspecified atom stereocenters. The van der Waals surface area contributed by atoms with Crippen LogP contribution in [0.2, 0.25) is 0 Å². The summed E-state index contributed by atoms with van der Waals surface area (Å²) >= 11 is 6.53. The van der Waals surface area contributed by atoms with Gasteiger partial charge in [0, 0.05) is 11.6 Å². The number of hydrogen-bond acceptors (Lipinski definition) is 3. The molecule has 0 N–H and O–H groups in total. The average Bonchev–Trinajstić information content (AvgIpc) is 2.15. The molecule has 0 aliphatic carbocycles. The summed E-state index contributed by atoms with van der Waals surface area (Å²) in [7, 11) is 0. The molecule has 2 nitrogen and oxygen atoms in total. The number of rotatable bonds is 2. The van der Waals surface area contributed by atoms with Gasteiger partial charge in [0.1, 0.15) is 5.01 Å². The van der Waals surface area contributed by atoms with Crippen molar-refractivity contribution in [3.8, 4) is 0 Å². The summed E-state index contributed by atoms with van der Waals surface area (Å²) in [4.78, 5) is 14.1. The molecular formula is C5H4ClNOS. The summed E-state index contributed by atoms with van der Waals surface area (Å²) in [6.07, 6.45) is 1.90. The van der Waals surface area contributed by atoms with Crippen LogP contribution < -0.4 is 0 Å². The molecular weight excluding hydrogens is 158 g/mol. The van der Waals surface area contributed by atoms with Gasteiger partial charge in [-0.15, -0.1) is 11.3 Å². The van der Waals surface area contributed by atoms with Crippen LogP contribution in [0.4, 0.5) is 0 Å². The molecule has 0 atom stereocenters. The second-order valence-corrected chi connectivity index (χ2v) is 2.86. The lowest BCUT2D eigenvalue weighted by atomic mass is 10.5. The fourth-order valence-electron chi connectivity index (χ4n) is 0.459. The zero-order chi connectivity index (χ0) is 6.69. The Morgan fingerprint density at radius 3 is 3.11 bits per heavy atom. The lowest BCUT2D eigenvalue weighted by Gasteiger charge is -1.82. The summed E-state index contributed by atoms with van der Waals surface area (Å²) in [6.45, 7) is 0. The van der Waals surface area contributed by atoms with Crippen molar-refractivity contribution in [1.29, 1.82) is 0 Å². The smallest absolute Gasteiger partial charge is 0.228 e. The molecule has 4 heteroatoms. The zero-order valence-corrected chi connectivity index (χ0v) is 6.08. The monoisotopic (exact) mass is 161 g/mol. The maximum absolute atomic E-state index is 10.2. The fourth-order valence-corrected chi connectivity index (χ4v) is 1.28. The number of aromatic nitrogens is 1. The third kappa shape index (κ3) is 2.11. The van der Waals surface area contributed by atoms with Gasteiger partial charge in [0.15, 0.2) is 0 Å². The Kier molecular flexibility index (Phi) is 2.19. The molecule has 0 aliphatic heterocycles. The Morgan fingerprint density at radius 2 is 2.67 bits per heavy atom. The lowest BCUT2D eigenvalue weighted by Crippen LogP contribution is -1.90. The van der Waals surface area contributed by atoms with Crippen molar-refractivity contribution in [2.45, 2.75) is 6.42 Å². The number of halogens is 1. The molecule has 0 aliphatic rings. The van der Waals surface area contributed by atoms with Crippen LogP contribution in [-0.4, -0.2) is 10.2 Å². The molecule has 0 fully saturated rings. The Morgan fingerprint density at radius 1 is 1.89 bits per heavy atom. The van der Waals surface area contributed by atoms with Crippen molar-refractivity contribution in [3.63, 3.8) is 0 Å². The summed E-state index contributed by atoms with van der Waals surface area (Å²) in [5, 5.41) is 2.23. The van der Waals surface area contributed by atoms with Gasteiger partial charge in [0.2, 0.25) is 5.24 Å². The Labute approximate surface area is 61.5 Å². The number of thiazole rings is 1. The van der Waals surface area contributed by atoms with Gasteiger partial charge in [-0.05, 0) is 11.6 Å². The molecule has 0 aromatic carbocycles. The quantitative estimate of drug-likeness (QED) is 0.615. The summed E-state index contributed by atoms with van der Waals surface area (Å²) < 4.78 is 0. The van der Waals surface area contributed by atoms with Gasteiger partial charge in [-0.3, -0.25) is 4.79 Å². The molecule has 0 bridgehead atoms. The molecule has 1 rings (SSSR count). The minimum Gasteiger partial charge on any atom is -0.281 e. The van der Waals surface area contributed by atoms with E-state index in [2.05, 4.69) is 4.98 Å². The zero-order valence-electron chi connectivity index (χ0n) is 4.50. The maximum Gasteiger partial charge on any atom is 0.228 e. The van der Waals surface area contributed by atoms with E-state index in [0.717, 1.165) is 5.01 Å². The maximum atomic E-state index is 10.2. The van der Waals surface area contributed by atoms with Crippen LogP contribution >= 0.6 is 22.9 Å². The first-order valence-electron chi connectivity index (χ1n) is 2.36. The van der Waals surface area contributed by atoms with E-state index in [1.807, 2.05) is 5.38 Å². The van der Waals surface area contributed by atoms with E-state index in [4.69, 9.17) is 11.6 Å². The highest BCUT2D eigenvalue weighted by Gasteiger charge is 1.99. The molecule has 0 amide bonds. The highest BCUT2D eigenvalue weighted by Crippen LogP contribution is 2.05. The first kappa shape index (κ1) is 6.71. The van der Waals surface area contributed by atoms with Crippen LogP contribution in [0.5, 0.6) is 0 Å². The van der Waals surface area contributed by atoms with Crippen LogP contribution in [-0.2, 0) is 11.2 Å². The highest BCUT2D eigenvalue weighted by molar-refractivity contribution is 7.09. The minimum atomic E-state index is -0.357. The van der Waals surface area contributed by atoms with Crippen LogP contribution in [0.1, 0.15) is 5.01 Å². The van der Waals surface area contributed by atoms with Crippen molar-refractivity contribution < 1.29 is 4.79 Å². The Bertz CT molecular complexity index is 197. The second-order valence-electron chi connectivity index (χ2n) is 1.46. The second kappa shape index (κ2) is 2.94. The van der Waals surface area contributed by atoms with Crippen molar-refractivity contribution >= 4 is 28.2 Å². The molecule has 0 radical (unpaired) electrons. The number of carbonyl (C=O) groups excluding carboxylic acids is 1. The molecule has 0 saturated heterocycles. The minimum absolute atomic E-state index is 0.249. The molecule has 9 heavy (non-hydrogen) atoms. The van der Waals surface area contributed by atoms with Gasteiger partial charge in [-0.1, -0.05) is 0 Å². The Hall–Kier alpha value is -0.410. The first-order valence-corrected chi connectivity index (χ1v) is 3.61. The van der Waals surface area contributed by atoms with Crippen LogP contribution in [0.25, 0.3) is 0 Å². The average molecular weight is 162 g/mol. The van der Waals surface area contributed by atoms with Gasteiger partial charge in [0.25, 0.3) is 0 Å². The van der Waals surface area contributed by atoms with Gasteiger partial charge >= 0.3 is 0 Å². The highest BCUT2D eigenvalue weighted by atomic mass is 35.5. The van der Waals surface area contributed by atoms with Crippen molar-refractivity contribution in [1.82, 2.24) is 4.98 Å². The van der Waals surface area contributed by atoms with Gasteiger partial charge in [0.05, 0.1) is 6.42 Å². The van der Waals surface area contributed by atoms with Gasteiger partial charge in [-0.2, -0.15) is 0 Å². The topological polar surface area (TPSA) is 30.0 Å². The molecule has 0 saturated carbocycles. The SMILES string of the molecule is O=C(Cl)Cc1nccs1. The van der Waals surface area contributed by atoms with Gasteiger partial charge in [-0.25, -0.2) is 4.98 Å². The fraction of sp³-hybridized carbons (Fsp3) is 0.200. The molecule has 1 aromatic rings. The predicted octanol–water partition coefficient (Wildman–Crippen LogP) is 1.45. The van der Waals surface area contributed by atoms with Crippen molar-refractivity contribution in [2.24, 2.45) is 0 Å². The molecule has 1 heterocycles. The molecule has 0 spiro atoms. The van der Waals surface area contributed by atoms with E-state index in [-0.39, 0.29) is 11.7 Å². The number of nitrogens with zero attached hydrogens (tertiary/aromatic N) is 1. The standard InChI is InChI=1S/C5H4ClNOS/c6-4(8)3-5-7-1-2-9-5/h1-2H,3H2. The van der Waals surface area contributed by atoms with Gasteiger partial charge < -0.3 is 0 Å². The van der Waals surface area contributed by atoms with Crippen LogP contribution in [0.3, 0.4) is 0 Å². The summed E-state index contributed by atoms with van der Waals surface area (Å²) in [5.74, 6) is 0. The normalized spacial score (nSPS) is 9.44. The van der Waals surface area contributed by atoms with E-state index in [0.29, 0.717) is 0 Å². The molecule has 48 valence electrons. The predicted molar refractivity (Wildman–Crippen MR) is 36.7 cm³/mol. The van der Waals surface area contributed by atoms with E-state index in [1.54, 1.807) is 6.20 Å². The van der Waals surface area contributed by atoms with E-state index >= 15 is 0 Å². The largest absolute Gasteiger partial charge is 0.281 e. The van der Waals surface area contributed by atoms with E-state index in [9.17, 15) is 4.79 Å². The number of hydrogen-bond donors (Lipinski definition) is 0. The summed E-state index contributed by atoms with van der Waals surface area (Å²) in [6, 6.07) is 0. The first-order chi connectivity index (χ1) is 4.29. The Balaban J connectivity index is 2.58. The van der Waals surface area contributed by atoms with E-state index < -0.39 is 0 Å². The lowest BCUT2D eigenvalue weighted by molar-refractivity contribution is -0.111. The number of carbonyl (C=O) groups is 1. The third-order valence-electron chi connectivity index (χ3n) is 0.774. The van der Waals surface area contributed by atoms with Crippen molar-refractivity contribution in [2.75, 3.05) is 0 Å². The third-order valence-corrected chi connectivity index (χ3v) is 1.69. The summed E-state index contributed by atoms with van der Waals surface area (Å²) in [5.41, 5.74) is 0. The van der Waals surface area contributed by atoms with Crippen LogP contribution in [0.15, 0.2) is 11.6 Å².